The molecule has 1 amide bonds. The fourth-order valence-corrected chi connectivity index (χ4v) is 7.00. The Balaban J connectivity index is 1.48. The Morgan fingerprint density at radius 1 is 0.737 bits per heavy atom. The Hall–Kier alpha value is -3.59. The van der Waals surface area contributed by atoms with Gasteiger partial charge in [0.25, 0.3) is 5.91 Å². The zero-order valence-electron chi connectivity index (χ0n) is 21.7. The summed E-state index contributed by atoms with van der Waals surface area (Å²) in [6.45, 7) is 8.79. The lowest BCUT2D eigenvalue weighted by atomic mass is 10.0. The Bertz CT molecular complexity index is 1720. The number of aliphatic imine (C=N–C) groups is 1. The Kier molecular flexibility index (Phi) is 6.26. The number of allylic oxidation sites excluding steroid dienone is 1. The number of fused-ring (bicyclic) bond motifs is 3. The van der Waals surface area contributed by atoms with Gasteiger partial charge in [-0.25, -0.2) is 4.99 Å². The Labute approximate surface area is 231 Å². The summed E-state index contributed by atoms with van der Waals surface area (Å²) in [5.74, 6) is 0.526. The first-order chi connectivity index (χ1) is 18.4. The van der Waals surface area contributed by atoms with Gasteiger partial charge in [-0.2, -0.15) is 5.26 Å². The van der Waals surface area contributed by atoms with Crippen molar-refractivity contribution in [3.05, 3.63) is 101 Å². The van der Waals surface area contributed by atoms with E-state index in [-0.39, 0.29) is 5.57 Å². The normalized spacial score (nSPS) is 14.0. The lowest BCUT2D eigenvalue weighted by Crippen LogP contribution is -1.97. The van der Waals surface area contributed by atoms with Crippen LogP contribution in [0.2, 0.25) is 0 Å². The Morgan fingerprint density at radius 2 is 1.29 bits per heavy atom. The number of carbonyl (C=O) groups excluding carboxylic acids is 1. The number of hydrogen-bond acceptors (Lipinski definition) is 4. The fourth-order valence-electron chi connectivity index (χ4n) is 5.10. The van der Waals surface area contributed by atoms with E-state index in [9.17, 15) is 10.1 Å². The number of rotatable bonds is 6. The third-order valence-electron chi connectivity index (χ3n) is 7.18. The van der Waals surface area contributed by atoms with E-state index >= 15 is 0 Å². The van der Waals surface area contributed by atoms with Gasteiger partial charge < -0.3 is 0 Å². The summed E-state index contributed by atoms with van der Waals surface area (Å²) in [6, 6.07) is 28.0. The van der Waals surface area contributed by atoms with Gasteiger partial charge >= 0.3 is 0 Å². The highest BCUT2D eigenvalue weighted by molar-refractivity contribution is 7.99. The molecule has 5 heteroatoms. The van der Waals surface area contributed by atoms with Crippen molar-refractivity contribution in [3.63, 3.8) is 0 Å². The van der Waals surface area contributed by atoms with Gasteiger partial charge in [0.05, 0.1) is 5.71 Å². The van der Waals surface area contributed by atoms with Crippen molar-refractivity contribution in [2.75, 3.05) is 0 Å². The fraction of sp³-hybridized carbons (Fsp3) is 0.182. The van der Waals surface area contributed by atoms with Crippen molar-refractivity contribution in [3.8, 4) is 6.07 Å². The topological polar surface area (TPSA) is 53.2 Å². The molecule has 1 aliphatic heterocycles. The van der Waals surface area contributed by atoms with Crippen molar-refractivity contribution in [1.82, 2.24) is 0 Å². The van der Waals surface area contributed by atoms with Gasteiger partial charge in [0, 0.05) is 36.1 Å². The van der Waals surface area contributed by atoms with Crippen molar-refractivity contribution in [1.29, 1.82) is 5.26 Å². The van der Waals surface area contributed by atoms with E-state index in [4.69, 9.17) is 0 Å². The summed E-state index contributed by atoms with van der Waals surface area (Å²) in [5, 5.41) is 12.0. The number of benzene rings is 4. The molecule has 0 spiro atoms. The average molecular weight is 531 g/mol. The highest BCUT2D eigenvalue weighted by Crippen LogP contribution is 2.50. The first-order valence-electron chi connectivity index (χ1n) is 12.8. The standard InChI is InChI=1S/C33H26N2OS2/c1-18(2)20-5-9-22(10-6-20)37-27-15-14-25-29-24(27)13-16-28(38-23-11-7-21(8-12-23)19(3)4)31(29)32-30(25)26(17-34)33(36)35-32/h5-16,18-19H,1-4H3. The molecule has 4 aromatic carbocycles. The minimum absolute atomic E-state index is 0.138. The highest BCUT2D eigenvalue weighted by Gasteiger charge is 2.38. The zero-order chi connectivity index (χ0) is 26.6. The molecule has 0 atom stereocenters. The quantitative estimate of drug-likeness (QED) is 0.250. The largest absolute Gasteiger partial charge is 0.288 e. The van der Waals surface area contributed by atoms with Crippen LogP contribution in [0.15, 0.2) is 103 Å². The summed E-state index contributed by atoms with van der Waals surface area (Å²) in [7, 11) is 0. The summed E-state index contributed by atoms with van der Waals surface area (Å²) < 4.78 is 0. The molecule has 3 nitrogen and oxygen atoms in total. The maximum atomic E-state index is 12.6. The smallest absolute Gasteiger partial charge is 0.266 e. The second-order valence-corrected chi connectivity index (χ2v) is 12.5. The Morgan fingerprint density at radius 3 is 1.84 bits per heavy atom. The second-order valence-electron chi connectivity index (χ2n) is 10.3. The van der Waals surface area contributed by atoms with Gasteiger partial charge in [-0.05, 0) is 70.3 Å². The molecule has 1 aliphatic carbocycles. The molecule has 0 unspecified atom stereocenters. The van der Waals surface area contributed by atoms with E-state index < -0.39 is 5.91 Å². The van der Waals surface area contributed by atoms with E-state index in [1.54, 1.807) is 23.5 Å². The van der Waals surface area contributed by atoms with Crippen molar-refractivity contribution in [2.24, 2.45) is 4.99 Å². The third kappa shape index (κ3) is 4.09. The van der Waals surface area contributed by atoms with Crippen molar-refractivity contribution in [2.45, 2.75) is 59.1 Å². The van der Waals surface area contributed by atoms with Gasteiger partial charge in [0.1, 0.15) is 11.6 Å². The maximum absolute atomic E-state index is 12.6. The van der Waals surface area contributed by atoms with Crippen LogP contribution in [0.5, 0.6) is 0 Å². The van der Waals surface area contributed by atoms with Crippen LogP contribution in [-0.2, 0) is 4.79 Å². The molecular weight excluding hydrogens is 505 g/mol. The minimum atomic E-state index is -0.443. The number of nitriles is 1. The molecular formula is C33H26N2OS2. The van der Waals surface area contributed by atoms with Crippen LogP contribution in [0.1, 0.15) is 61.8 Å². The second kappa shape index (κ2) is 9.62. The van der Waals surface area contributed by atoms with Crippen LogP contribution < -0.4 is 0 Å². The van der Waals surface area contributed by atoms with Crippen LogP contribution in [0.3, 0.4) is 0 Å². The molecule has 1 heterocycles. The summed E-state index contributed by atoms with van der Waals surface area (Å²) in [6.07, 6.45) is 0. The molecule has 186 valence electrons. The lowest BCUT2D eigenvalue weighted by molar-refractivity contribution is -0.113. The van der Waals surface area contributed by atoms with E-state index in [2.05, 4.69) is 112 Å². The maximum Gasteiger partial charge on any atom is 0.288 e. The molecule has 0 saturated carbocycles. The van der Waals surface area contributed by atoms with Gasteiger partial charge in [0.15, 0.2) is 0 Å². The molecule has 0 aromatic heterocycles. The number of amides is 1. The zero-order valence-corrected chi connectivity index (χ0v) is 23.3. The molecule has 0 radical (unpaired) electrons. The van der Waals surface area contributed by atoms with E-state index in [0.717, 1.165) is 36.6 Å². The van der Waals surface area contributed by atoms with Gasteiger partial charge in [-0.1, -0.05) is 87.6 Å². The molecule has 6 rings (SSSR count). The molecule has 0 bridgehead atoms. The first kappa shape index (κ1) is 24.7. The first-order valence-corrected chi connectivity index (χ1v) is 14.4. The lowest BCUT2D eigenvalue weighted by Gasteiger charge is -2.13. The summed E-state index contributed by atoms with van der Waals surface area (Å²) >= 11 is 3.41. The third-order valence-corrected chi connectivity index (χ3v) is 9.34. The SMILES string of the molecule is CC(C)c1ccc(Sc2ccc3c(Sc4ccc(C(C)C)cc4)ccc4c3c2C2=NC(=O)C(C#N)=C24)cc1. The highest BCUT2D eigenvalue weighted by atomic mass is 32.2. The van der Waals surface area contributed by atoms with Crippen LogP contribution in [0, 0.1) is 11.3 Å². The molecule has 0 saturated heterocycles. The van der Waals surface area contributed by atoms with Crippen LogP contribution in [0.4, 0.5) is 0 Å². The van der Waals surface area contributed by atoms with E-state index in [0.29, 0.717) is 23.1 Å². The molecule has 0 N–H and O–H groups in total. The number of hydrogen-bond donors (Lipinski definition) is 0. The van der Waals surface area contributed by atoms with Gasteiger partial charge in [-0.3, -0.25) is 4.79 Å². The predicted molar refractivity (Wildman–Crippen MR) is 157 cm³/mol. The molecule has 2 aliphatic rings. The molecule has 0 fully saturated rings. The summed E-state index contributed by atoms with van der Waals surface area (Å²) in [4.78, 5) is 21.5. The number of carbonyl (C=O) groups is 1. The van der Waals surface area contributed by atoms with E-state index in [1.807, 2.05) is 0 Å². The van der Waals surface area contributed by atoms with Crippen molar-refractivity contribution < 1.29 is 4.79 Å². The van der Waals surface area contributed by atoms with Crippen LogP contribution in [0.25, 0.3) is 16.3 Å². The van der Waals surface area contributed by atoms with Crippen molar-refractivity contribution >= 4 is 51.5 Å². The molecule has 4 aromatic rings. The van der Waals surface area contributed by atoms with E-state index in [1.165, 1.54) is 16.0 Å². The monoisotopic (exact) mass is 530 g/mol. The van der Waals surface area contributed by atoms with Gasteiger partial charge in [-0.15, -0.1) is 0 Å². The summed E-state index contributed by atoms with van der Waals surface area (Å²) in [5.41, 5.74) is 5.96. The molecule has 38 heavy (non-hydrogen) atoms. The van der Waals surface area contributed by atoms with Crippen LogP contribution in [-0.4, -0.2) is 11.6 Å². The van der Waals surface area contributed by atoms with Gasteiger partial charge in [0.2, 0.25) is 0 Å². The minimum Gasteiger partial charge on any atom is -0.266 e. The average Bonchev–Trinajstić information content (AvgIpc) is 3.40. The predicted octanol–water partition coefficient (Wildman–Crippen LogP) is 9.01. The number of nitrogens with zero attached hydrogens (tertiary/aromatic N) is 2. The van der Waals surface area contributed by atoms with Crippen LogP contribution >= 0.6 is 23.5 Å².